The van der Waals surface area contributed by atoms with Crippen LogP contribution in [-0.2, 0) is 51.9 Å². The van der Waals surface area contributed by atoms with Gasteiger partial charge in [0.05, 0.1) is 0 Å². The number of hydrogen-bond donors (Lipinski definition) is 2. The van der Waals surface area contributed by atoms with Crippen molar-refractivity contribution in [2.75, 3.05) is 22.1 Å². The first-order valence-electron chi connectivity index (χ1n) is 8.17. The van der Waals surface area contributed by atoms with Gasteiger partial charge in [-0.1, -0.05) is 46.9 Å². The Morgan fingerprint density at radius 3 is 1.33 bits per heavy atom. The second kappa shape index (κ2) is 12.9. The van der Waals surface area contributed by atoms with E-state index in [1.54, 1.807) is 0 Å². The van der Waals surface area contributed by atoms with E-state index < -0.39 is 0 Å². The fraction of sp³-hybridized carbons (Fsp3) is 0.300. The summed E-state index contributed by atoms with van der Waals surface area (Å²) in [7, 11) is 0. The van der Waals surface area contributed by atoms with Gasteiger partial charge in [0, 0.05) is 11.4 Å². The summed E-state index contributed by atoms with van der Waals surface area (Å²) in [5, 5.41) is 5.49. The molecule has 0 unspecified atom stereocenters. The molecule has 4 nitrogen and oxygen atoms in total. The van der Waals surface area contributed by atoms with Crippen LogP contribution in [0.2, 0.25) is 0 Å². The first-order chi connectivity index (χ1) is 12.3. The van der Waals surface area contributed by atoms with Crippen LogP contribution in [0.15, 0.2) is 36.4 Å². The minimum absolute atomic E-state index is 0. The van der Waals surface area contributed by atoms with Crippen molar-refractivity contribution in [3.63, 3.8) is 0 Å². The monoisotopic (exact) mass is 451 g/mol. The van der Waals surface area contributed by atoms with Crippen molar-refractivity contribution in [2.45, 2.75) is 27.7 Å². The van der Waals surface area contributed by atoms with Gasteiger partial charge in [0.15, 0.2) is 11.8 Å². The molecule has 0 aromatic heterocycles. The third-order valence-corrected chi connectivity index (χ3v) is 4.10. The molecule has 0 aliphatic carbocycles. The van der Waals surface area contributed by atoms with Gasteiger partial charge in [-0.15, -0.1) is 0 Å². The Morgan fingerprint density at radius 1 is 0.741 bits per heavy atom. The molecule has 0 fully saturated rings. The number of anilines is 2. The first kappa shape index (κ1) is 25.6. The van der Waals surface area contributed by atoms with Crippen LogP contribution >= 0.6 is 0 Å². The predicted octanol–water partition coefficient (Wildman–Crippen LogP) is 3.58. The molecule has 2 amide bonds. The van der Waals surface area contributed by atoms with E-state index in [9.17, 15) is 9.59 Å². The molecule has 0 aliphatic rings. The summed E-state index contributed by atoms with van der Waals surface area (Å²) in [6.45, 7) is 7.97. The summed E-state index contributed by atoms with van der Waals surface area (Å²) in [6.07, 6.45) is 0. The molecular weight excluding hydrogens is 428 g/mol. The Balaban J connectivity index is 0.000000483. The minimum atomic E-state index is -0.123. The zero-order chi connectivity index (χ0) is 19.7. The molecule has 1 radical (unpaired) electrons. The SMILES string of the molecule is Cc1ccc(NC(=O)C[S-])c(C)c1.Cc1ccc(NC(=O)C[S-])c(C)c1.[Cu+2]. The minimum Gasteiger partial charge on any atom is -0.783 e. The van der Waals surface area contributed by atoms with E-state index >= 15 is 0 Å². The third-order valence-electron chi connectivity index (χ3n) is 3.57. The molecule has 0 heterocycles. The molecule has 2 aromatic rings. The summed E-state index contributed by atoms with van der Waals surface area (Å²) in [5.41, 5.74) is 6.21. The third kappa shape index (κ3) is 9.38. The van der Waals surface area contributed by atoms with E-state index in [4.69, 9.17) is 0 Å². The molecule has 0 aliphatic heterocycles. The summed E-state index contributed by atoms with van der Waals surface area (Å²) < 4.78 is 0. The van der Waals surface area contributed by atoms with Gasteiger partial charge >= 0.3 is 17.1 Å². The molecule has 0 saturated carbocycles. The number of hydrogen-bond acceptors (Lipinski definition) is 4. The Hall–Kier alpha value is -1.40. The fourth-order valence-electron chi connectivity index (χ4n) is 2.28. The largest absolute Gasteiger partial charge is 2.00 e. The Bertz CT molecular complexity index is 717. The second-order valence-corrected chi connectivity index (χ2v) is 6.60. The van der Waals surface area contributed by atoms with Gasteiger partial charge in [-0.3, -0.25) is 9.59 Å². The molecule has 149 valence electrons. The van der Waals surface area contributed by atoms with Crippen molar-refractivity contribution in [3.8, 4) is 0 Å². The molecule has 0 bridgehead atoms. The van der Waals surface area contributed by atoms with Crippen LogP contribution in [0, 0.1) is 27.7 Å². The standard InChI is InChI=1S/2C10H13NOS.Cu/c2*1-7-3-4-9(8(2)5-7)11-10(12)6-13;/h2*3-5,13H,6H2,1-2H3,(H,11,12);/q;;+2/p-2. The Kier molecular flexibility index (Phi) is 12.2. The average molecular weight is 452 g/mol. The van der Waals surface area contributed by atoms with Crippen molar-refractivity contribution >= 4 is 48.4 Å². The normalized spacial score (nSPS) is 9.41. The van der Waals surface area contributed by atoms with E-state index in [1.165, 1.54) is 11.1 Å². The molecule has 7 heteroatoms. The summed E-state index contributed by atoms with van der Waals surface area (Å²) in [4.78, 5) is 22.0. The maximum Gasteiger partial charge on any atom is 2.00 e. The first-order valence-corrected chi connectivity index (χ1v) is 9.32. The van der Waals surface area contributed by atoms with Gasteiger partial charge < -0.3 is 35.9 Å². The van der Waals surface area contributed by atoms with E-state index in [0.717, 1.165) is 22.5 Å². The maximum atomic E-state index is 11.0. The molecule has 2 aromatic carbocycles. The fourth-order valence-corrected chi connectivity index (χ4v) is 2.42. The van der Waals surface area contributed by atoms with Gasteiger partial charge in [0.25, 0.3) is 0 Å². The van der Waals surface area contributed by atoms with E-state index in [-0.39, 0.29) is 40.4 Å². The van der Waals surface area contributed by atoms with E-state index in [2.05, 4.69) is 35.9 Å². The molecule has 27 heavy (non-hydrogen) atoms. The molecule has 0 saturated heterocycles. The zero-order valence-electron chi connectivity index (χ0n) is 15.8. The van der Waals surface area contributed by atoms with Gasteiger partial charge in [0.2, 0.25) is 0 Å². The van der Waals surface area contributed by atoms with Crippen LogP contribution in [0.3, 0.4) is 0 Å². The van der Waals surface area contributed by atoms with Crippen molar-refractivity contribution in [2.24, 2.45) is 0 Å². The smallest absolute Gasteiger partial charge is 0.783 e. The van der Waals surface area contributed by atoms with Gasteiger partial charge in [-0.2, -0.15) is 0 Å². The molecule has 2 rings (SSSR count). The maximum absolute atomic E-state index is 11.0. The van der Waals surface area contributed by atoms with Crippen LogP contribution in [0.4, 0.5) is 11.4 Å². The van der Waals surface area contributed by atoms with Gasteiger partial charge in [-0.25, -0.2) is 0 Å². The van der Waals surface area contributed by atoms with Crippen LogP contribution < -0.4 is 10.6 Å². The summed E-state index contributed by atoms with van der Waals surface area (Å²) >= 11 is 9.26. The topological polar surface area (TPSA) is 58.2 Å². The molecule has 0 spiro atoms. The molecule has 0 atom stereocenters. The van der Waals surface area contributed by atoms with Crippen molar-refractivity contribution in [1.82, 2.24) is 0 Å². The number of benzene rings is 2. The van der Waals surface area contributed by atoms with Gasteiger partial charge in [-0.05, 0) is 51.0 Å². The van der Waals surface area contributed by atoms with Crippen molar-refractivity contribution in [1.29, 1.82) is 0 Å². The Labute approximate surface area is 183 Å². The summed E-state index contributed by atoms with van der Waals surface area (Å²) in [5.74, 6) is -0.0374. The molecule has 2 N–H and O–H groups in total. The zero-order valence-corrected chi connectivity index (χ0v) is 18.4. The van der Waals surface area contributed by atoms with E-state index in [0.29, 0.717) is 0 Å². The van der Waals surface area contributed by atoms with E-state index in [1.807, 2.05) is 64.1 Å². The summed E-state index contributed by atoms with van der Waals surface area (Å²) in [6, 6.07) is 11.8. The quantitative estimate of drug-likeness (QED) is 0.551. The van der Waals surface area contributed by atoms with Crippen LogP contribution in [0.25, 0.3) is 0 Å². The Morgan fingerprint density at radius 2 is 1.07 bits per heavy atom. The van der Waals surface area contributed by atoms with Crippen LogP contribution in [0.5, 0.6) is 0 Å². The van der Waals surface area contributed by atoms with Crippen molar-refractivity contribution in [3.05, 3.63) is 58.7 Å². The molecular formula is C20H24CuN2O2S2. The average Bonchev–Trinajstić information content (AvgIpc) is 2.60. The predicted molar refractivity (Wildman–Crippen MR) is 114 cm³/mol. The second-order valence-electron chi connectivity index (χ2n) is 6.02. The number of aryl methyl sites for hydroxylation is 4. The van der Waals surface area contributed by atoms with Crippen LogP contribution in [-0.4, -0.2) is 23.3 Å². The van der Waals surface area contributed by atoms with Crippen LogP contribution in [0.1, 0.15) is 22.3 Å². The number of carbonyl (C=O) groups excluding carboxylic acids is 2. The van der Waals surface area contributed by atoms with Gasteiger partial charge in [0.1, 0.15) is 0 Å². The number of rotatable bonds is 4. The number of nitrogens with one attached hydrogen (secondary N) is 2. The number of carbonyl (C=O) groups is 2. The number of amides is 2. The van der Waals surface area contributed by atoms with Crippen molar-refractivity contribution < 1.29 is 26.7 Å².